The Balaban J connectivity index is 1.66. The second-order valence-corrected chi connectivity index (χ2v) is 5.07. The van der Waals surface area contributed by atoms with E-state index in [2.05, 4.69) is 0 Å². The highest BCUT2D eigenvalue weighted by Crippen LogP contribution is 2.34. The molecule has 0 aromatic rings. The average Bonchev–Trinajstić information content (AvgIpc) is 2.78. The van der Waals surface area contributed by atoms with Crippen molar-refractivity contribution in [3.8, 4) is 0 Å². The van der Waals surface area contributed by atoms with Crippen molar-refractivity contribution in [3.05, 3.63) is 0 Å². The first-order valence-corrected chi connectivity index (χ1v) is 6.21. The fraction of sp³-hybridized carbons (Fsp3) is 1.00. The lowest BCUT2D eigenvalue weighted by Gasteiger charge is -2.20. The van der Waals surface area contributed by atoms with Gasteiger partial charge in [0.25, 0.3) is 0 Å². The normalized spacial score (nSPS) is 48.0. The minimum atomic E-state index is 0.556. The molecule has 0 aromatic heterocycles. The molecule has 3 aliphatic heterocycles. The van der Waals surface area contributed by atoms with Gasteiger partial charge in [-0.15, -0.1) is 0 Å². The molecule has 0 atom stereocenters. The summed E-state index contributed by atoms with van der Waals surface area (Å²) in [6, 6.07) is 0. The highest BCUT2D eigenvalue weighted by atomic mass is 16.5. The zero-order valence-electron chi connectivity index (χ0n) is 8.78. The SMILES string of the molecule is C1CC2CCC3CCC(CCC1O2)O3. The maximum atomic E-state index is 6.01. The molecule has 14 heavy (non-hydrogen) atoms. The average molecular weight is 196 g/mol. The highest BCUT2D eigenvalue weighted by molar-refractivity contribution is 4.82. The summed E-state index contributed by atoms with van der Waals surface area (Å²) in [5, 5.41) is 0. The fourth-order valence-corrected chi connectivity index (χ4v) is 3.15. The van der Waals surface area contributed by atoms with E-state index in [0.29, 0.717) is 24.4 Å². The lowest BCUT2D eigenvalue weighted by molar-refractivity contribution is -0.0190. The lowest BCUT2D eigenvalue weighted by atomic mass is 10.0. The quantitative estimate of drug-likeness (QED) is 0.593. The first-order valence-electron chi connectivity index (χ1n) is 6.21. The van der Waals surface area contributed by atoms with Crippen LogP contribution in [0.5, 0.6) is 0 Å². The molecule has 2 nitrogen and oxygen atoms in total. The highest BCUT2D eigenvalue weighted by Gasteiger charge is 2.32. The second-order valence-electron chi connectivity index (χ2n) is 5.07. The predicted octanol–water partition coefficient (Wildman–Crippen LogP) is 2.66. The molecule has 0 radical (unpaired) electrons. The lowest BCUT2D eigenvalue weighted by Crippen LogP contribution is -2.19. The Kier molecular flexibility index (Phi) is 2.50. The molecule has 3 rings (SSSR count). The summed E-state index contributed by atoms with van der Waals surface area (Å²) in [7, 11) is 0. The Morgan fingerprint density at radius 2 is 0.643 bits per heavy atom. The van der Waals surface area contributed by atoms with Crippen molar-refractivity contribution in [3.63, 3.8) is 0 Å². The molecule has 0 amide bonds. The molecular weight excluding hydrogens is 176 g/mol. The van der Waals surface area contributed by atoms with Crippen LogP contribution in [0.2, 0.25) is 0 Å². The van der Waals surface area contributed by atoms with Crippen LogP contribution in [0.25, 0.3) is 0 Å². The van der Waals surface area contributed by atoms with Crippen molar-refractivity contribution in [1.29, 1.82) is 0 Å². The Bertz CT molecular complexity index is 162. The number of rotatable bonds is 0. The molecule has 2 heteroatoms. The van der Waals surface area contributed by atoms with Crippen LogP contribution >= 0.6 is 0 Å². The van der Waals surface area contributed by atoms with Gasteiger partial charge < -0.3 is 9.47 Å². The van der Waals surface area contributed by atoms with Crippen molar-refractivity contribution in [2.24, 2.45) is 0 Å². The van der Waals surface area contributed by atoms with Gasteiger partial charge in [-0.05, 0) is 51.4 Å². The summed E-state index contributed by atoms with van der Waals surface area (Å²) in [4.78, 5) is 0. The molecule has 3 heterocycles. The maximum absolute atomic E-state index is 6.01. The molecule has 0 aliphatic carbocycles. The van der Waals surface area contributed by atoms with Crippen LogP contribution < -0.4 is 0 Å². The third kappa shape index (κ3) is 1.82. The molecule has 3 fully saturated rings. The van der Waals surface area contributed by atoms with Crippen LogP contribution in [0.1, 0.15) is 51.4 Å². The third-order valence-corrected chi connectivity index (χ3v) is 4.01. The van der Waals surface area contributed by atoms with Gasteiger partial charge in [0.1, 0.15) is 0 Å². The minimum Gasteiger partial charge on any atom is -0.375 e. The van der Waals surface area contributed by atoms with Crippen molar-refractivity contribution >= 4 is 0 Å². The van der Waals surface area contributed by atoms with E-state index < -0.39 is 0 Å². The van der Waals surface area contributed by atoms with E-state index >= 15 is 0 Å². The topological polar surface area (TPSA) is 18.5 Å². The summed E-state index contributed by atoms with van der Waals surface area (Å²) in [6.07, 6.45) is 12.3. The first kappa shape index (κ1) is 9.17. The molecular formula is C12H20O2. The number of fused-ring (bicyclic) bond motifs is 4. The fourth-order valence-electron chi connectivity index (χ4n) is 3.15. The van der Waals surface area contributed by atoms with Crippen LogP contribution in [-0.2, 0) is 9.47 Å². The zero-order valence-corrected chi connectivity index (χ0v) is 8.78. The van der Waals surface area contributed by atoms with Gasteiger partial charge in [0.05, 0.1) is 24.4 Å². The monoisotopic (exact) mass is 196 g/mol. The Hall–Kier alpha value is -0.0800. The van der Waals surface area contributed by atoms with Gasteiger partial charge in [0, 0.05) is 0 Å². The van der Waals surface area contributed by atoms with Crippen LogP contribution in [0.4, 0.5) is 0 Å². The van der Waals surface area contributed by atoms with Gasteiger partial charge in [0.2, 0.25) is 0 Å². The Morgan fingerprint density at radius 3 is 0.857 bits per heavy atom. The molecule has 3 aliphatic rings. The van der Waals surface area contributed by atoms with Crippen LogP contribution in [0, 0.1) is 0 Å². The molecule has 4 bridgehead atoms. The van der Waals surface area contributed by atoms with E-state index in [4.69, 9.17) is 9.47 Å². The van der Waals surface area contributed by atoms with Gasteiger partial charge in [-0.3, -0.25) is 0 Å². The maximum Gasteiger partial charge on any atom is 0.0580 e. The Labute approximate surface area is 86.0 Å². The van der Waals surface area contributed by atoms with Crippen molar-refractivity contribution in [2.45, 2.75) is 75.8 Å². The van der Waals surface area contributed by atoms with E-state index in [-0.39, 0.29) is 0 Å². The summed E-state index contributed by atoms with van der Waals surface area (Å²) in [5.74, 6) is 0. The standard InChI is InChI=1S/C12H20O2/c1-2-10-7-8-12-4-3-11(14-12)6-5-9(1)13-10/h9-12H,1-8H2. The van der Waals surface area contributed by atoms with E-state index in [1.165, 1.54) is 51.4 Å². The van der Waals surface area contributed by atoms with Crippen molar-refractivity contribution in [1.82, 2.24) is 0 Å². The van der Waals surface area contributed by atoms with Crippen molar-refractivity contribution in [2.75, 3.05) is 0 Å². The molecule has 0 N–H and O–H groups in total. The summed E-state index contributed by atoms with van der Waals surface area (Å²) < 4.78 is 12.0. The zero-order chi connectivity index (χ0) is 9.38. The van der Waals surface area contributed by atoms with E-state index in [1.54, 1.807) is 0 Å². The first-order chi connectivity index (χ1) is 6.90. The number of ether oxygens (including phenoxy) is 2. The molecule has 3 saturated heterocycles. The molecule has 0 aromatic carbocycles. The summed E-state index contributed by atoms with van der Waals surface area (Å²) >= 11 is 0. The van der Waals surface area contributed by atoms with Gasteiger partial charge in [-0.25, -0.2) is 0 Å². The van der Waals surface area contributed by atoms with E-state index in [1.807, 2.05) is 0 Å². The number of hydrogen-bond donors (Lipinski definition) is 0. The molecule has 80 valence electrons. The van der Waals surface area contributed by atoms with Gasteiger partial charge in [-0.2, -0.15) is 0 Å². The Morgan fingerprint density at radius 1 is 0.429 bits per heavy atom. The van der Waals surface area contributed by atoms with E-state index in [9.17, 15) is 0 Å². The third-order valence-electron chi connectivity index (χ3n) is 4.01. The molecule has 0 spiro atoms. The molecule has 0 saturated carbocycles. The van der Waals surface area contributed by atoms with Gasteiger partial charge >= 0.3 is 0 Å². The van der Waals surface area contributed by atoms with Crippen LogP contribution in [0.15, 0.2) is 0 Å². The van der Waals surface area contributed by atoms with Crippen molar-refractivity contribution < 1.29 is 9.47 Å². The molecule has 0 unspecified atom stereocenters. The predicted molar refractivity (Wildman–Crippen MR) is 54.3 cm³/mol. The van der Waals surface area contributed by atoms with Crippen LogP contribution in [0.3, 0.4) is 0 Å². The summed E-state index contributed by atoms with van der Waals surface area (Å²) in [6.45, 7) is 0. The summed E-state index contributed by atoms with van der Waals surface area (Å²) in [5.41, 5.74) is 0. The van der Waals surface area contributed by atoms with Gasteiger partial charge in [-0.1, -0.05) is 0 Å². The van der Waals surface area contributed by atoms with Crippen LogP contribution in [-0.4, -0.2) is 24.4 Å². The largest absolute Gasteiger partial charge is 0.375 e. The minimum absolute atomic E-state index is 0.556. The smallest absolute Gasteiger partial charge is 0.0580 e. The van der Waals surface area contributed by atoms with Gasteiger partial charge in [0.15, 0.2) is 0 Å². The number of hydrogen-bond acceptors (Lipinski definition) is 2. The second kappa shape index (κ2) is 3.82. The van der Waals surface area contributed by atoms with E-state index in [0.717, 1.165) is 0 Å².